The van der Waals surface area contributed by atoms with Crippen molar-refractivity contribution in [2.45, 2.75) is 172 Å². The molecule has 0 saturated heterocycles. The SMILES string of the molecule is CC(C)C1=C2[C@H]3CC[C@H]4[C@@](C)(CC[C@]5(C)C(C)(C)[C@@H](OC(=O)CC(C)(C)C(=O)OC(C)(C)C)CC[C@]45C)[C@]3(C)CC[C@@]2([C@@H](O)CN)CC1=O. The number of hydrogen-bond donors (Lipinski definition) is 2. The van der Waals surface area contributed by atoms with Crippen molar-refractivity contribution >= 4 is 17.7 Å². The number of aliphatic hydroxyl groups is 1. The molecule has 9 atom stereocenters. The van der Waals surface area contributed by atoms with Crippen LogP contribution in [0.2, 0.25) is 0 Å². The zero-order valence-electron chi connectivity index (χ0n) is 33.2. The number of aliphatic hydroxyl groups excluding tert-OH is 1. The van der Waals surface area contributed by atoms with Crippen LogP contribution in [-0.4, -0.2) is 47.2 Å². The van der Waals surface area contributed by atoms with E-state index in [0.717, 1.165) is 56.9 Å². The molecule has 0 aromatic heterocycles. The molecule has 0 radical (unpaired) electrons. The van der Waals surface area contributed by atoms with Gasteiger partial charge in [0.15, 0.2) is 5.78 Å². The smallest absolute Gasteiger partial charge is 0.312 e. The van der Waals surface area contributed by atoms with Crippen molar-refractivity contribution in [1.29, 1.82) is 0 Å². The van der Waals surface area contributed by atoms with Crippen LogP contribution >= 0.6 is 0 Å². The second-order valence-corrected chi connectivity index (χ2v) is 20.6. The van der Waals surface area contributed by atoms with Crippen molar-refractivity contribution in [3.8, 4) is 0 Å². The van der Waals surface area contributed by atoms with E-state index in [1.54, 1.807) is 13.8 Å². The number of esters is 2. The zero-order chi connectivity index (χ0) is 37.0. The van der Waals surface area contributed by atoms with Crippen LogP contribution in [0.25, 0.3) is 0 Å². The van der Waals surface area contributed by atoms with Gasteiger partial charge in [-0.05, 0) is 131 Å². The second-order valence-electron chi connectivity index (χ2n) is 20.6. The van der Waals surface area contributed by atoms with E-state index in [1.165, 1.54) is 5.57 Å². The van der Waals surface area contributed by atoms with Gasteiger partial charge in [0, 0.05) is 23.8 Å². The number of fused-ring (bicyclic) bond motifs is 7. The van der Waals surface area contributed by atoms with E-state index in [2.05, 4.69) is 55.4 Å². The summed E-state index contributed by atoms with van der Waals surface area (Å²) in [6, 6.07) is 0. The molecular weight excluding hydrogens is 614 g/mol. The second kappa shape index (κ2) is 11.9. The Morgan fingerprint density at radius 3 is 2.06 bits per heavy atom. The predicted molar refractivity (Wildman–Crippen MR) is 193 cm³/mol. The van der Waals surface area contributed by atoms with Gasteiger partial charge in [0.2, 0.25) is 0 Å². The van der Waals surface area contributed by atoms with Gasteiger partial charge in [0.1, 0.15) is 11.7 Å². The van der Waals surface area contributed by atoms with Crippen molar-refractivity contribution < 1.29 is 29.0 Å². The van der Waals surface area contributed by atoms with Gasteiger partial charge >= 0.3 is 11.9 Å². The Bertz CT molecular complexity index is 1400. The molecule has 5 aliphatic rings. The quantitative estimate of drug-likeness (QED) is 0.259. The minimum atomic E-state index is -0.977. The van der Waals surface area contributed by atoms with E-state index >= 15 is 0 Å². The third-order valence-corrected chi connectivity index (χ3v) is 16.2. The maximum absolute atomic E-state index is 13.7. The van der Waals surface area contributed by atoms with Crippen LogP contribution in [0.5, 0.6) is 0 Å². The molecule has 5 rings (SSSR count). The first-order chi connectivity index (χ1) is 22.3. The Balaban J connectivity index is 1.44. The highest BCUT2D eigenvalue weighted by Crippen LogP contribution is 2.79. The molecule has 0 aromatic carbocycles. The summed E-state index contributed by atoms with van der Waals surface area (Å²) in [5.74, 6) is 0.379. The van der Waals surface area contributed by atoms with Gasteiger partial charge in [0.05, 0.1) is 17.9 Å². The molecule has 3 N–H and O–H groups in total. The standard InChI is InChI=1S/C42H69NO6/c1-25(2)32-27(44)22-42(29(45)24-43)21-19-38(10)26(33(32)42)14-15-28-39(38,11)18-20-41(13)37(8,9)30(16-17-40(28,41)12)48-31(46)23-36(6,7)34(47)49-35(3,4)5/h25-26,28-30,45H,14-24,43H2,1-13H3/t26-,28+,29+,30+,38-,39-,40-,41-,42+/m1/s1. The highest BCUT2D eigenvalue weighted by molar-refractivity contribution is 6.00. The van der Waals surface area contributed by atoms with Gasteiger partial charge in [-0.25, -0.2) is 0 Å². The molecule has 5 aliphatic carbocycles. The summed E-state index contributed by atoms with van der Waals surface area (Å²) < 4.78 is 12.0. The van der Waals surface area contributed by atoms with Crippen LogP contribution in [0, 0.1) is 55.7 Å². The number of nitrogens with two attached hydrogens (primary N) is 1. The number of carbonyl (C=O) groups excluding carboxylic acids is 3. The minimum absolute atomic E-state index is 0.00112. The molecule has 0 spiro atoms. The fourth-order valence-electron chi connectivity index (χ4n) is 12.7. The van der Waals surface area contributed by atoms with Crippen LogP contribution in [0.3, 0.4) is 0 Å². The molecule has 0 aromatic rings. The molecule has 7 heteroatoms. The van der Waals surface area contributed by atoms with Crippen LogP contribution in [0.15, 0.2) is 11.1 Å². The summed E-state index contributed by atoms with van der Waals surface area (Å²) in [6.07, 6.45) is 7.28. The van der Waals surface area contributed by atoms with Gasteiger partial charge < -0.3 is 20.3 Å². The minimum Gasteiger partial charge on any atom is -0.462 e. The number of ether oxygens (including phenoxy) is 2. The third-order valence-electron chi connectivity index (χ3n) is 16.2. The molecule has 0 bridgehead atoms. The Morgan fingerprint density at radius 2 is 1.49 bits per heavy atom. The summed E-state index contributed by atoms with van der Waals surface area (Å²) in [5.41, 5.74) is 6.02. The number of ketones is 1. The Morgan fingerprint density at radius 1 is 0.878 bits per heavy atom. The number of rotatable bonds is 7. The molecule has 4 saturated carbocycles. The maximum atomic E-state index is 13.7. The fourth-order valence-corrected chi connectivity index (χ4v) is 12.7. The number of allylic oxidation sites excluding steroid dienone is 1. The largest absolute Gasteiger partial charge is 0.462 e. The summed E-state index contributed by atoms with van der Waals surface area (Å²) in [4.78, 5) is 40.1. The van der Waals surface area contributed by atoms with Gasteiger partial charge in [-0.1, -0.05) is 61.0 Å². The highest BCUT2D eigenvalue weighted by Gasteiger charge is 2.73. The molecule has 4 fully saturated rings. The monoisotopic (exact) mass is 684 g/mol. The first kappa shape index (κ1) is 38.5. The van der Waals surface area contributed by atoms with Crippen molar-refractivity contribution in [1.82, 2.24) is 0 Å². The van der Waals surface area contributed by atoms with E-state index in [-0.39, 0.29) is 75.7 Å². The predicted octanol–water partition coefficient (Wildman–Crippen LogP) is 8.35. The van der Waals surface area contributed by atoms with Gasteiger partial charge in [-0.3, -0.25) is 14.4 Å². The summed E-state index contributed by atoms with van der Waals surface area (Å²) in [6.45, 7) is 28.2. The molecule has 278 valence electrons. The normalized spacial score (nSPS) is 41.0. The van der Waals surface area contributed by atoms with E-state index in [9.17, 15) is 19.5 Å². The van der Waals surface area contributed by atoms with Gasteiger partial charge in [0.25, 0.3) is 0 Å². The van der Waals surface area contributed by atoms with Crippen molar-refractivity contribution in [3.05, 3.63) is 11.1 Å². The summed E-state index contributed by atoms with van der Waals surface area (Å²) >= 11 is 0. The van der Waals surface area contributed by atoms with E-state index < -0.39 is 22.5 Å². The molecule has 0 amide bonds. The van der Waals surface area contributed by atoms with Crippen molar-refractivity contribution in [3.63, 3.8) is 0 Å². The Labute approximate surface area is 297 Å². The van der Waals surface area contributed by atoms with Gasteiger partial charge in [-0.2, -0.15) is 0 Å². The molecule has 49 heavy (non-hydrogen) atoms. The molecule has 7 nitrogen and oxygen atoms in total. The number of hydrogen-bond acceptors (Lipinski definition) is 7. The summed E-state index contributed by atoms with van der Waals surface area (Å²) in [7, 11) is 0. The van der Waals surface area contributed by atoms with Crippen LogP contribution in [-0.2, 0) is 23.9 Å². The lowest BCUT2D eigenvalue weighted by Gasteiger charge is -2.75. The number of Topliss-reactive ketones (excluding diaryl/α,β-unsaturated/α-hetero) is 1. The maximum Gasteiger partial charge on any atom is 0.312 e. The average Bonchev–Trinajstić information content (AvgIpc) is 3.28. The molecule has 0 heterocycles. The summed E-state index contributed by atoms with van der Waals surface area (Å²) in [5, 5.41) is 11.5. The zero-order valence-corrected chi connectivity index (χ0v) is 33.2. The molecule has 0 aliphatic heterocycles. The lowest BCUT2D eigenvalue weighted by Crippen LogP contribution is -2.69. The van der Waals surface area contributed by atoms with Crippen LogP contribution < -0.4 is 5.73 Å². The first-order valence-electron chi connectivity index (χ1n) is 19.4. The van der Waals surface area contributed by atoms with E-state index in [4.69, 9.17) is 15.2 Å². The van der Waals surface area contributed by atoms with E-state index in [0.29, 0.717) is 12.3 Å². The first-order valence-corrected chi connectivity index (χ1v) is 19.4. The average molecular weight is 684 g/mol. The van der Waals surface area contributed by atoms with Crippen LogP contribution in [0.1, 0.15) is 154 Å². The van der Waals surface area contributed by atoms with Crippen molar-refractivity contribution in [2.24, 2.45) is 61.4 Å². The molecular formula is C42H69NO6. The fraction of sp³-hybridized carbons (Fsp3) is 0.881. The third kappa shape index (κ3) is 5.43. The van der Waals surface area contributed by atoms with Gasteiger partial charge in [-0.15, -0.1) is 0 Å². The highest BCUT2D eigenvalue weighted by atomic mass is 16.6. The van der Waals surface area contributed by atoms with E-state index in [1.807, 2.05) is 20.8 Å². The lowest BCUT2D eigenvalue weighted by molar-refractivity contribution is -0.272. The lowest BCUT2D eigenvalue weighted by atomic mass is 9.29. The Kier molecular flexibility index (Phi) is 9.35. The topological polar surface area (TPSA) is 116 Å². The number of carbonyl (C=O) groups is 3. The van der Waals surface area contributed by atoms with Crippen LogP contribution in [0.4, 0.5) is 0 Å². The molecule has 0 unspecified atom stereocenters. The Hall–Kier alpha value is -1.73. The van der Waals surface area contributed by atoms with Crippen molar-refractivity contribution in [2.75, 3.05) is 6.54 Å².